The van der Waals surface area contributed by atoms with Gasteiger partial charge < -0.3 is 20.3 Å². The zero-order chi connectivity index (χ0) is 24.8. The molecule has 0 heterocycles. The van der Waals surface area contributed by atoms with E-state index in [2.05, 4.69) is 12.2 Å². The van der Waals surface area contributed by atoms with Crippen LogP contribution < -0.4 is 10.1 Å². The topological polar surface area (TPSA) is 78.8 Å². The Hall–Kier alpha value is -2.40. The van der Waals surface area contributed by atoms with Crippen LogP contribution in [-0.2, 0) is 11.2 Å². The van der Waals surface area contributed by atoms with E-state index in [1.54, 1.807) is 12.1 Å². The Morgan fingerprint density at radius 2 is 1.41 bits per heavy atom. The van der Waals surface area contributed by atoms with Gasteiger partial charge in [0.15, 0.2) is 11.5 Å². The number of rotatable bonds is 16. The van der Waals surface area contributed by atoms with Gasteiger partial charge in [0, 0.05) is 11.9 Å². The Bertz CT molecular complexity index is 900. The second-order valence-electron chi connectivity index (χ2n) is 8.98. The van der Waals surface area contributed by atoms with Crippen molar-refractivity contribution in [3.63, 3.8) is 0 Å². The van der Waals surface area contributed by atoms with Gasteiger partial charge in [0.05, 0.1) is 0 Å². The largest absolute Gasteiger partial charge is 0.506 e. The summed E-state index contributed by atoms with van der Waals surface area (Å²) in [6.45, 7) is 3.58. The molecule has 0 fully saturated rings. The number of unbranched alkanes of at least 4 members (excludes halogenated alkanes) is 11. The number of carbonyl (C=O) groups is 1. The first-order chi connectivity index (χ1) is 16.4. The number of anilines is 1. The second-order valence-corrected chi connectivity index (χ2v) is 9.42. The average Bonchev–Trinajstić information content (AvgIpc) is 2.80. The number of aryl methyl sites for hydroxylation is 1. The van der Waals surface area contributed by atoms with Crippen LogP contribution in [0.5, 0.6) is 23.0 Å². The van der Waals surface area contributed by atoms with Gasteiger partial charge in [-0.25, -0.2) is 0 Å². The first-order valence-electron chi connectivity index (χ1n) is 12.7. The summed E-state index contributed by atoms with van der Waals surface area (Å²) >= 11 is 6.23. The first-order valence-corrected chi connectivity index (χ1v) is 13.1. The number of phenols is 2. The van der Waals surface area contributed by atoms with Gasteiger partial charge in [-0.1, -0.05) is 89.2 Å². The fourth-order valence-corrected chi connectivity index (χ4v) is 4.27. The van der Waals surface area contributed by atoms with Crippen LogP contribution in [0.3, 0.4) is 0 Å². The Labute approximate surface area is 209 Å². The molecular weight excluding hydrogens is 450 g/mol. The number of hydrogen-bond donors (Lipinski definition) is 3. The SMILES string of the molecule is CCCCCCCCCCCCCCc1cc(Cl)ccc1Oc1c(O)ccc(O)c1NC(C)=O. The van der Waals surface area contributed by atoms with E-state index in [0.29, 0.717) is 10.8 Å². The third kappa shape index (κ3) is 9.84. The van der Waals surface area contributed by atoms with E-state index in [1.807, 2.05) is 6.07 Å². The highest BCUT2D eigenvalue weighted by Gasteiger charge is 2.18. The van der Waals surface area contributed by atoms with Gasteiger partial charge in [-0.15, -0.1) is 0 Å². The maximum absolute atomic E-state index is 11.6. The maximum Gasteiger partial charge on any atom is 0.221 e. The summed E-state index contributed by atoms with van der Waals surface area (Å²) in [7, 11) is 0. The Morgan fingerprint density at radius 1 is 0.853 bits per heavy atom. The molecule has 34 heavy (non-hydrogen) atoms. The number of nitrogens with one attached hydrogen (secondary N) is 1. The Morgan fingerprint density at radius 3 is 2.00 bits per heavy atom. The molecule has 0 bridgehead atoms. The van der Waals surface area contributed by atoms with Gasteiger partial charge in [-0.3, -0.25) is 4.79 Å². The summed E-state index contributed by atoms with van der Waals surface area (Å²) in [5.74, 6) is -0.181. The molecule has 0 atom stereocenters. The summed E-state index contributed by atoms with van der Waals surface area (Å²) in [6.07, 6.45) is 16.2. The molecule has 188 valence electrons. The molecule has 0 aliphatic rings. The summed E-state index contributed by atoms with van der Waals surface area (Å²) in [4.78, 5) is 11.6. The molecule has 2 aromatic rings. The zero-order valence-electron chi connectivity index (χ0n) is 20.7. The molecule has 2 rings (SSSR count). The molecule has 6 heteroatoms. The number of phenolic OH excluding ortho intramolecular Hbond substituents is 2. The van der Waals surface area contributed by atoms with Crippen LogP contribution in [0.1, 0.15) is 96.5 Å². The molecule has 5 nitrogen and oxygen atoms in total. The van der Waals surface area contributed by atoms with Crippen LogP contribution in [0.4, 0.5) is 5.69 Å². The molecule has 2 aromatic carbocycles. The van der Waals surface area contributed by atoms with E-state index >= 15 is 0 Å². The van der Waals surface area contributed by atoms with Crippen molar-refractivity contribution < 1.29 is 19.7 Å². The minimum Gasteiger partial charge on any atom is -0.506 e. The van der Waals surface area contributed by atoms with Crippen molar-refractivity contribution in [2.75, 3.05) is 5.32 Å². The van der Waals surface area contributed by atoms with Crippen molar-refractivity contribution in [2.24, 2.45) is 0 Å². The highest BCUT2D eigenvalue weighted by Crippen LogP contribution is 2.44. The molecule has 0 saturated carbocycles. The van der Waals surface area contributed by atoms with Gasteiger partial charge in [0.25, 0.3) is 0 Å². The molecule has 0 saturated heterocycles. The van der Waals surface area contributed by atoms with Crippen molar-refractivity contribution in [3.05, 3.63) is 40.9 Å². The van der Waals surface area contributed by atoms with Crippen molar-refractivity contribution >= 4 is 23.2 Å². The van der Waals surface area contributed by atoms with Crippen LogP contribution in [-0.4, -0.2) is 16.1 Å². The lowest BCUT2D eigenvalue weighted by atomic mass is 10.0. The van der Waals surface area contributed by atoms with Crippen molar-refractivity contribution in [1.29, 1.82) is 0 Å². The van der Waals surface area contributed by atoms with Gasteiger partial charge in [-0.05, 0) is 48.7 Å². The number of halogens is 1. The van der Waals surface area contributed by atoms with E-state index in [1.165, 1.54) is 83.3 Å². The van der Waals surface area contributed by atoms with Gasteiger partial charge >= 0.3 is 0 Å². The van der Waals surface area contributed by atoms with E-state index in [0.717, 1.165) is 24.8 Å². The summed E-state index contributed by atoms with van der Waals surface area (Å²) in [5.41, 5.74) is 0.967. The van der Waals surface area contributed by atoms with Crippen LogP contribution in [0.15, 0.2) is 30.3 Å². The van der Waals surface area contributed by atoms with Gasteiger partial charge in [0.1, 0.15) is 17.2 Å². The zero-order valence-corrected chi connectivity index (χ0v) is 21.4. The molecule has 1 amide bonds. The predicted molar refractivity (Wildman–Crippen MR) is 140 cm³/mol. The monoisotopic (exact) mass is 489 g/mol. The second kappa shape index (κ2) is 15.5. The molecule has 0 radical (unpaired) electrons. The highest BCUT2D eigenvalue weighted by atomic mass is 35.5. The third-order valence-corrected chi connectivity index (χ3v) is 6.19. The normalized spacial score (nSPS) is 10.9. The lowest BCUT2D eigenvalue weighted by Gasteiger charge is -2.17. The summed E-state index contributed by atoms with van der Waals surface area (Å²) in [5, 5.41) is 23.6. The molecule has 0 aromatic heterocycles. The van der Waals surface area contributed by atoms with E-state index in [9.17, 15) is 15.0 Å². The lowest BCUT2D eigenvalue weighted by Crippen LogP contribution is -2.07. The molecule has 0 unspecified atom stereocenters. The standard InChI is InChI=1S/C28H40ClNO4/c1-3-4-5-6-7-8-9-10-11-12-13-14-15-22-20-23(29)16-19-26(22)34-28-25(33)18-17-24(32)27(28)30-21(2)31/h16-20,32-33H,3-15H2,1-2H3,(H,30,31). The molecule has 0 aliphatic heterocycles. The van der Waals surface area contributed by atoms with Crippen molar-refractivity contribution in [1.82, 2.24) is 0 Å². The molecular formula is C28H40ClNO4. The fraction of sp³-hybridized carbons (Fsp3) is 0.536. The number of amides is 1. The number of hydrogen-bond acceptors (Lipinski definition) is 4. The first kappa shape index (κ1) is 27.8. The van der Waals surface area contributed by atoms with Crippen molar-refractivity contribution in [2.45, 2.75) is 97.3 Å². The van der Waals surface area contributed by atoms with E-state index in [-0.39, 0.29) is 28.8 Å². The third-order valence-electron chi connectivity index (χ3n) is 5.95. The fourth-order valence-electron chi connectivity index (χ4n) is 4.07. The minimum atomic E-state index is -0.376. The predicted octanol–water partition coefficient (Wildman–Crippen LogP) is 8.75. The number of ether oxygens (including phenoxy) is 1. The Kier molecular flexibility index (Phi) is 12.7. The molecule has 0 aliphatic carbocycles. The van der Waals surface area contributed by atoms with Crippen molar-refractivity contribution in [3.8, 4) is 23.0 Å². The smallest absolute Gasteiger partial charge is 0.221 e. The molecule has 0 spiro atoms. The number of aromatic hydroxyl groups is 2. The van der Waals surface area contributed by atoms with Crippen LogP contribution in [0, 0.1) is 0 Å². The van der Waals surface area contributed by atoms with E-state index in [4.69, 9.17) is 16.3 Å². The number of benzene rings is 2. The highest BCUT2D eigenvalue weighted by molar-refractivity contribution is 6.30. The number of carbonyl (C=O) groups excluding carboxylic acids is 1. The summed E-state index contributed by atoms with van der Waals surface area (Å²) < 4.78 is 5.98. The molecule has 3 N–H and O–H groups in total. The van der Waals surface area contributed by atoms with Crippen LogP contribution >= 0.6 is 11.6 Å². The lowest BCUT2D eigenvalue weighted by molar-refractivity contribution is -0.114. The van der Waals surface area contributed by atoms with E-state index < -0.39 is 0 Å². The minimum absolute atomic E-state index is 0.00784. The quantitative estimate of drug-likeness (QED) is 0.125. The van der Waals surface area contributed by atoms with Crippen LogP contribution in [0.25, 0.3) is 0 Å². The van der Waals surface area contributed by atoms with Crippen LogP contribution in [0.2, 0.25) is 5.02 Å². The average molecular weight is 490 g/mol. The van der Waals surface area contributed by atoms with Gasteiger partial charge in [-0.2, -0.15) is 0 Å². The maximum atomic E-state index is 11.6. The Balaban J connectivity index is 1.85. The summed E-state index contributed by atoms with van der Waals surface area (Å²) in [6, 6.07) is 7.98. The van der Waals surface area contributed by atoms with Gasteiger partial charge in [0.2, 0.25) is 5.91 Å².